The fourth-order valence-electron chi connectivity index (χ4n) is 6.30. The zero-order valence-electron chi connectivity index (χ0n) is 27.9. The smallest absolute Gasteiger partial charge is 0.0207 e. The molecule has 0 amide bonds. The highest BCUT2D eigenvalue weighted by molar-refractivity contribution is 8.00. The number of benzene rings is 8. The Morgan fingerprint density at radius 1 is 0.216 bits per heavy atom. The van der Waals surface area contributed by atoms with Gasteiger partial charge in [0.15, 0.2) is 0 Å². The van der Waals surface area contributed by atoms with Crippen LogP contribution in [0.2, 0.25) is 0 Å². The molecule has 0 nitrogen and oxygen atoms in total. The summed E-state index contributed by atoms with van der Waals surface area (Å²) in [6, 6.07) is 74.0. The van der Waals surface area contributed by atoms with E-state index in [9.17, 15) is 0 Å². The van der Waals surface area contributed by atoms with Gasteiger partial charge in [-0.2, -0.15) is 0 Å². The molecule has 0 heterocycles. The lowest BCUT2D eigenvalue weighted by Crippen LogP contribution is -1.89. The van der Waals surface area contributed by atoms with E-state index in [2.05, 4.69) is 206 Å². The molecule has 8 aromatic carbocycles. The molecule has 0 saturated carbocycles. The molecule has 3 heteroatoms. The Morgan fingerprint density at radius 2 is 0.510 bits per heavy atom. The van der Waals surface area contributed by atoms with Crippen LogP contribution in [0, 0.1) is 0 Å². The van der Waals surface area contributed by atoms with E-state index in [1.165, 1.54) is 73.9 Å². The molecule has 0 bridgehead atoms. The maximum Gasteiger partial charge on any atom is 0.0207 e. The van der Waals surface area contributed by atoms with Crippen molar-refractivity contribution in [2.75, 3.05) is 0 Å². The SMILES string of the molecule is c1ccc(-c2cccc(Sc3ccc(Sc4ccc(Sc5cccc(-c6ccccc6)c5-c5ccccc5)cc4)cc3)c2-c2ccccc2)cc1. The molecule has 0 aliphatic rings. The van der Waals surface area contributed by atoms with Crippen LogP contribution in [0.15, 0.2) is 236 Å². The van der Waals surface area contributed by atoms with E-state index in [4.69, 9.17) is 0 Å². The molecular weight excluding hydrogens is 673 g/mol. The molecule has 0 saturated heterocycles. The molecule has 8 aromatic rings. The van der Waals surface area contributed by atoms with E-state index in [-0.39, 0.29) is 0 Å². The molecule has 0 fully saturated rings. The van der Waals surface area contributed by atoms with E-state index in [1.807, 2.05) is 23.5 Å². The van der Waals surface area contributed by atoms with Crippen molar-refractivity contribution in [3.8, 4) is 44.5 Å². The summed E-state index contributed by atoms with van der Waals surface area (Å²) >= 11 is 5.44. The second kappa shape index (κ2) is 15.8. The lowest BCUT2D eigenvalue weighted by molar-refractivity contribution is 1.31. The summed E-state index contributed by atoms with van der Waals surface area (Å²) in [4.78, 5) is 7.40. The second-order valence-corrected chi connectivity index (χ2v) is 15.4. The van der Waals surface area contributed by atoms with Gasteiger partial charge in [0.2, 0.25) is 0 Å². The van der Waals surface area contributed by atoms with Crippen LogP contribution in [0.1, 0.15) is 0 Å². The number of rotatable bonds is 10. The van der Waals surface area contributed by atoms with Crippen LogP contribution in [-0.4, -0.2) is 0 Å². The van der Waals surface area contributed by atoms with Gasteiger partial charge in [0.05, 0.1) is 0 Å². The highest BCUT2D eigenvalue weighted by Gasteiger charge is 2.15. The second-order valence-electron chi connectivity index (χ2n) is 12.1. The van der Waals surface area contributed by atoms with Gasteiger partial charge in [-0.25, -0.2) is 0 Å². The first-order chi connectivity index (χ1) is 25.3. The van der Waals surface area contributed by atoms with Gasteiger partial charge in [0.1, 0.15) is 0 Å². The molecule has 0 aromatic heterocycles. The fraction of sp³-hybridized carbons (Fsp3) is 0. The summed E-state index contributed by atoms with van der Waals surface area (Å²) in [7, 11) is 0. The Balaban J connectivity index is 1.000. The molecule has 0 aliphatic carbocycles. The van der Waals surface area contributed by atoms with Crippen molar-refractivity contribution in [3.63, 3.8) is 0 Å². The van der Waals surface area contributed by atoms with Crippen molar-refractivity contribution in [2.45, 2.75) is 29.4 Å². The third-order valence-electron chi connectivity index (χ3n) is 8.69. The highest BCUT2D eigenvalue weighted by Crippen LogP contribution is 2.44. The summed E-state index contributed by atoms with van der Waals surface area (Å²) in [5, 5.41) is 0. The minimum absolute atomic E-state index is 1.22. The van der Waals surface area contributed by atoms with E-state index in [0.717, 1.165) is 0 Å². The zero-order chi connectivity index (χ0) is 34.2. The van der Waals surface area contributed by atoms with Crippen LogP contribution >= 0.6 is 35.3 Å². The quantitative estimate of drug-likeness (QED) is 0.139. The van der Waals surface area contributed by atoms with Gasteiger partial charge in [0.25, 0.3) is 0 Å². The van der Waals surface area contributed by atoms with Crippen LogP contribution in [-0.2, 0) is 0 Å². The van der Waals surface area contributed by atoms with Gasteiger partial charge in [-0.1, -0.05) is 181 Å². The Kier molecular flexibility index (Phi) is 10.2. The number of hydrogen-bond donors (Lipinski definition) is 0. The van der Waals surface area contributed by atoms with Crippen molar-refractivity contribution < 1.29 is 0 Å². The lowest BCUT2D eigenvalue weighted by atomic mass is 9.94. The van der Waals surface area contributed by atoms with Gasteiger partial charge in [-0.3, -0.25) is 0 Å². The van der Waals surface area contributed by atoms with Gasteiger partial charge in [-0.05, 0) is 94.0 Å². The standard InChI is InChI=1S/C48H34S3/c1-5-15-35(16-6-1)43-23-13-25-45(47(43)37-19-9-3-10-20-37)50-41-31-27-39(28-32-41)49-40-29-33-42(34-30-40)51-46-26-14-24-44(36-17-7-2-8-18-36)48(46)38-21-11-4-12-22-38/h1-34H. The van der Waals surface area contributed by atoms with E-state index in [1.54, 1.807) is 11.8 Å². The van der Waals surface area contributed by atoms with E-state index >= 15 is 0 Å². The van der Waals surface area contributed by atoms with Crippen LogP contribution in [0.4, 0.5) is 0 Å². The molecule has 51 heavy (non-hydrogen) atoms. The van der Waals surface area contributed by atoms with Crippen LogP contribution in [0.3, 0.4) is 0 Å². The van der Waals surface area contributed by atoms with E-state index in [0.29, 0.717) is 0 Å². The van der Waals surface area contributed by atoms with Crippen molar-refractivity contribution >= 4 is 35.3 Å². The first-order valence-corrected chi connectivity index (χ1v) is 19.4. The van der Waals surface area contributed by atoms with Crippen molar-refractivity contribution in [1.82, 2.24) is 0 Å². The molecule has 0 atom stereocenters. The average Bonchev–Trinajstić information content (AvgIpc) is 3.20. The monoisotopic (exact) mass is 706 g/mol. The van der Waals surface area contributed by atoms with Crippen molar-refractivity contribution in [2.24, 2.45) is 0 Å². The maximum atomic E-state index is 2.24. The normalized spacial score (nSPS) is 11.0. The molecule has 244 valence electrons. The third kappa shape index (κ3) is 7.77. The van der Waals surface area contributed by atoms with Crippen LogP contribution in [0.25, 0.3) is 44.5 Å². The minimum Gasteiger partial charge on any atom is -0.0901 e. The molecule has 0 spiro atoms. The lowest BCUT2D eigenvalue weighted by Gasteiger charge is -2.16. The molecule has 0 N–H and O–H groups in total. The number of hydrogen-bond acceptors (Lipinski definition) is 3. The summed E-state index contributed by atoms with van der Waals surface area (Å²) in [6.45, 7) is 0. The first-order valence-electron chi connectivity index (χ1n) is 17.0. The Morgan fingerprint density at radius 3 is 0.843 bits per heavy atom. The van der Waals surface area contributed by atoms with E-state index < -0.39 is 0 Å². The van der Waals surface area contributed by atoms with Gasteiger partial charge in [-0.15, -0.1) is 0 Å². The molecule has 0 aliphatic heterocycles. The summed E-state index contributed by atoms with van der Waals surface area (Å²) in [6.07, 6.45) is 0. The molecular formula is C48H34S3. The molecule has 0 unspecified atom stereocenters. The van der Waals surface area contributed by atoms with Crippen LogP contribution in [0.5, 0.6) is 0 Å². The Hall–Kier alpha value is -5.19. The molecule has 0 radical (unpaired) electrons. The first kappa shape index (κ1) is 33.0. The summed E-state index contributed by atoms with van der Waals surface area (Å²) in [5.74, 6) is 0. The highest BCUT2D eigenvalue weighted by atomic mass is 32.2. The predicted octanol–water partition coefficient (Wildman–Crippen LogP) is 14.8. The van der Waals surface area contributed by atoms with Gasteiger partial charge in [0, 0.05) is 40.5 Å². The Bertz CT molecular complexity index is 2170. The van der Waals surface area contributed by atoms with Crippen LogP contribution < -0.4 is 0 Å². The Labute approximate surface area is 313 Å². The summed E-state index contributed by atoms with van der Waals surface area (Å²) < 4.78 is 0. The minimum atomic E-state index is 1.22. The van der Waals surface area contributed by atoms with Gasteiger partial charge >= 0.3 is 0 Å². The van der Waals surface area contributed by atoms with Gasteiger partial charge < -0.3 is 0 Å². The van der Waals surface area contributed by atoms with Crippen molar-refractivity contribution in [1.29, 1.82) is 0 Å². The molecule has 8 rings (SSSR count). The summed E-state index contributed by atoms with van der Waals surface area (Å²) in [5.41, 5.74) is 9.96. The predicted molar refractivity (Wildman–Crippen MR) is 220 cm³/mol. The fourth-order valence-corrected chi connectivity index (χ4v) is 9.12. The largest absolute Gasteiger partial charge is 0.0901 e. The maximum absolute atomic E-state index is 2.24. The topological polar surface area (TPSA) is 0 Å². The third-order valence-corrected chi connectivity index (χ3v) is 11.8. The average molecular weight is 707 g/mol. The van der Waals surface area contributed by atoms with Crippen molar-refractivity contribution in [3.05, 3.63) is 206 Å². The zero-order valence-corrected chi connectivity index (χ0v) is 30.3.